The number of carboxylic acid groups (broad SMARTS) is 1. The van der Waals surface area contributed by atoms with Crippen molar-refractivity contribution >= 4 is 17.3 Å². The number of Topliss-reactive ketones (excluding diaryl/α,β-unsaturated/α-hetero) is 1. The predicted octanol–water partition coefficient (Wildman–Crippen LogP) is 1.77. The molecule has 0 aromatic carbocycles. The van der Waals surface area contributed by atoms with Gasteiger partial charge in [0.1, 0.15) is 0 Å². The number of carbonyl (C=O) groups is 2. The fraction of sp³-hybridized carbons (Fsp3) is 0.250. The fourth-order valence-electron chi connectivity index (χ4n) is 1.70. The van der Waals surface area contributed by atoms with Crippen LogP contribution in [-0.2, 0) is 4.79 Å². The van der Waals surface area contributed by atoms with Crippen LogP contribution in [0.3, 0.4) is 0 Å². The zero-order valence-electron chi connectivity index (χ0n) is 9.17. The van der Waals surface area contributed by atoms with Gasteiger partial charge in [-0.2, -0.15) is 0 Å². The van der Waals surface area contributed by atoms with Crippen molar-refractivity contribution in [3.63, 3.8) is 0 Å². The van der Waals surface area contributed by atoms with Crippen LogP contribution in [-0.4, -0.2) is 26.2 Å². The lowest BCUT2D eigenvalue weighted by atomic mass is 10.1. The highest BCUT2D eigenvalue weighted by molar-refractivity contribution is 5.95. The minimum Gasteiger partial charge on any atom is -0.481 e. The van der Waals surface area contributed by atoms with Crippen LogP contribution in [0.1, 0.15) is 29.8 Å². The van der Waals surface area contributed by atoms with Gasteiger partial charge in [0.05, 0.1) is 23.7 Å². The summed E-state index contributed by atoms with van der Waals surface area (Å²) in [4.78, 5) is 26.2. The van der Waals surface area contributed by atoms with Crippen LogP contribution in [0.5, 0.6) is 0 Å². The van der Waals surface area contributed by atoms with E-state index in [1.807, 2.05) is 6.07 Å². The number of imidazole rings is 1. The van der Waals surface area contributed by atoms with Crippen LogP contribution in [0, 0.1) is 0 Å². The Kier molecular flexibility index (Phi) is 3.18. The monoisotopic (exact) mass is 232 g/mol. The minimum atomic E-state index is -0.876. The lowest BCUT2D eigenvalue weighted by molar-refractivity contribution is -0.137. The molecule has 0 spiro atoms. The summed E-state index contributed by atoms with van der Waals surface area (Å²) in [5.74, 6) is -0.937. The van der Waals surface area contributed by atoms with Crippen molar-refractivity contribution in [1.82, 2.24) is 9.38 Å². The molecule has 0 atom stereocenters. The van der Waals surface area contributed by atoms with E-state index in [1.165, 1.54) is 0 Å². The first kappa shape index (κ1) is 11.3. The number of hydrogen-bond acceptors (Lipinski definition) is 3. The van der Waals surface area contributed by atoms with E-state index in [9.17, 15) is 9.59 Å². The van der Waals surface area contributed by atoms with E-state index in [0.717, 1.165) is 5.52 Å². The molecule has 0 saturated carbocycles. The molecule has 5 heteroatoms. The second-order valence-corrected chi connectivity index (χ2v) is 3.77. The molecule has 17 heavy (non-hydrogen) atoms. The summed E-state index contributed by atoms with van der Waals surface area (Å²) in [6, 6.07) is 5.38. The van der Waals surface area contributed by atoms with Gasteiger partial charge in [0.25, 0.3) is 0 Å². The van der Waals surface area contributed by atoms with Crippen LogP contribution in [0.15, 0.2) is 30.7 Å². The molecule has 0 bridgehead atoms. The van der Waals surface area contributed by atoms with Crippen molar-refractivity contribution in [3.05, 3.63) is 36.4 Å². The summed E-state index contributed by atoms with van der Waals surface area (Å²) in [6.07, 6.45) is 3.88. The number of rotatable bonds is 5. The molecule has 2 heterocycles. The summed E-state index contributed by atoms with van der Waals surface area (Å²) in [6.45, 7) is 0. The average Bonchev–Trinajstić information content (AvgIpc) is 2.75. The quantitative estimate of drug-likeness (QED) is 0.797. The highest BCUT2D eigenvalue weighted by atomic mass is 16.4. The van der Waals surface area contributed by atoms with Crippen LogP contribution < -0.4 is 0 Å². The Morgan fingerprint density at radius 3 is 2.88 bits per heavy atom. The number of carbonyl (C=O) groups excluding carboxylic acids is 1. The summed E-state index contributed by atoms with van der Waals surface area (Å²) in [7, 11) is 0. The second-order valence-electron chi connectivity index (χ2n) is 3.77. The van der Waals surface area contributed by atoms with Gasteiger partial charge in [-0.3, -0.25) is 14.0 Å². The topological polar surface area (TPSA) is 71.7 Å². The predicted molar refractivity (Wildman–Crippen MR) is 61.0 cm³/mol. The van der Waals surface area contributed by atoms with Gasteiger partial charge in [0.15, 0.2) is 5.78 Å². The largest absolute Gasteiger partial charge is 0.481 e. The van der Waals surface area contributed by atoms with E-state index in [2.05, 4.69) is 4.98 Å². The highest BCUT2D eigenvalue weighted by Gasteiger charge is 2.10. The van der Waals surface area contributed by atoms with Crippen LogP contribution >= 0.6 is 0 Å². The van der Waals surface area contributed by atoms with Crippen molar-refractivity contribution in [2.24, 2.45) is 0 Å². The first-order valence-corrected chi connectivity index (χ1v) is 5.34. The van der Waals surface area contributed by atoms with Gasteiger partial charge < -0.3 is 5.11 Å². The van der Waals surface area contributed by atoms with Crippen LogP contribution in [0.4, 0.5) is 0 Å². The molecule has 0 radical (unpaired) electrons. The first-order chi connectivity index (χ1) is 8.18. The van der Waals surface area contributed by atoms with Crippen LogP contribution in [0.2, 0.25) is 0 Å². The normalized spacial score (nSPS) is 10.6. The minimum absolute atomic E-state index is 0.0195. The summed E-state index contributed by atoms with van der Waals surface area (Å²) in [5, 5.41) is 8.51. The number of pyridine rings is 1. The Balaban J connectivity index is 2.13. The molecule has 88 valence electrons. The third-order valence-corrected chi connectivity index (χ3v) is 2.53. The Morgan fingerprint density at radius 1 is 1.29 bits per heavy atom. The third-order valence-electron chi connectivity index (χ3n) is 2.53. The summed E-state index contributed by atoms with van der Waals surface area (Å²) < 4.78 is 1.71. The van der Waals surface area contributed by atoms with E-state index >= 15 is 0 Å². The SMILES string of the molecule is O=C(O)CCCC(=O)c1cccc2cncn12. The molecule has 0 unspecified atom stereocenters. The Hall–Kier alpha value is -2.17. The lowest BCUT2D eigenvalue weighted by Gasteiger charge is -2.03. The Labute approximate surface area is 97.7 Å². The second kappa shape index (κ2) is 4.78. The number of carboxylic acids is 1. The maximum atomic E-state index is 11.9. The molecule has 0 fully saturated rings. The molecule has 0 saturated heterocycles. The van der Waals surface area contributed by atoms with E-state index in [0.29, 0.717) is 12.1 Å². The highest BCUT2D eigenvalue weighted by Crippen LogP contribution is 2.10. The zero-order valence-corrected chi connectivity index (χ0v) is 9.17. The summed E-state index contributed by atoms with van der Waals surface area (Å²) >= 11 is 0. The maximum Gasteiger partial charge on any atom is 0.303 e. The number of ketones is 1. The van der Waals surface area contributed by atoms with Crippen molar-refractivity contribution in [1.29, 1.82) is 0 Å². The van der Waals surface area contributed by atoms with Gasteiger partial charge in [-0.05, 0) is 18.6 Å². The van der Waals surface area contributed by atoms with E-state index in [4.69, 9.17) is 5.11 Å². The molecule has 2 aromatic rings. The van der Waals surface area contributed by atoms with Crippen molar-refractivity contribution < 1.29 is 14.7 Å². The molecule has 0 aliphatic carbocycles. The van der Waals surface area contributed by atoms with Gasteiger partial charge in [-0.1, -0.05) is 6.07 Å². The molecule has 2 aromatic heterocycles. The van der Waals surface area contributed by atoms with Gasteiger partial charge in [-0.15, -0.1) is 0 Å². The molecule has 0 aliphatic heterocycles. The lowest BCUT2D eigenvalue weighted by Crippen LogP contribution is -2.06. The Bertz CT molecular complexity index is 560. The van der Waals surface area contributed by atoms with Crippen molar-refractivity contribution in [2.45, 2.75) is 19.3 Å². The molecule has 2 rings (SSSR count). The Morgan fingerprint density at radius 2 is 2.12 bits per heavy atom. The number of nitrogens with zero attached hydrogens (tertiary/aromatic N) is 2. The first-order valence-electron chi connectivity index (χ1n) is 5.34. The number of aliphatic carboxylic acids is 1. The van der Waals surface area contributed by atoms with Gasteiger partial charge >= 0.3 is 5.97 Å². The van der Waals surface area contributed by atoms with Crippen molar-refractivity contribution in [2.75, 3.05) is 0 Å². The van der Waals surface area contributed by atoms with Crippen LogP contribution in [0.25, 0.3) is 5.52 Å². The number of aromatic nitrogens is 2. The number of fused-ring (bicyclic) bond motifs is 1. The van der Waals surface area contributed by atoms with E-state index in [-0.39, 0.29) is 18.6 Å². The molecule has 0 aliphatic rings. The van der Waals surface area contributed by atoms with E-state index < -0.39 is 5.97 Å². The summed E-state index contributed by atoms with van der Waals surface area (Å²) in [5.41, 5.74) is 1.40. The van der Waals surface area contributed by atoms with Gasteiger partial charge in [0, 0.05) is 12.8 Å². The maximum absolute atomic E-state index is 11.9. The van der Waals surface area contributed by atoms with Gasteiger partial charge in [-0.25, -0.2) is 4.98 Å². The molecular formula is C12H12N2O3. The molecule has 0 amide bonds. The average molecular weight is 232 g/mol. The van der Waals surface area contributed by atoms with E-state index in [1.54, 1.807) is 29.1 Å². The van der Waals surface area contributed by atoms with Crippen molar-refractivity contribution in [3.8, 4) is 0 Å². The smallest absolute Gasteiger partial charge is 0.303 e. The standard InChI is InChI=1S/C12H12N2O3/c15-11(5-2-6-12(16)17)10-4-1-3-9-7-13-8-14(9)10/h1,3-4,7-8H,2,5-6H2,(H,16,17). The molecule has 1 N–H and O–H groups in total. The fourth-order valence-corrected chi connectivity index (χ4v) is 1.70. The zero-order chi connectivity index (χ0) is 12.3. The third kappa shape index (κ3) is 2.50. The number of hydrogen-bond donors (Lipinski definition) is 1. The van der Waals surface area contributed by atoms with Gasteiger partial charge in [0.2, 0.25) is 0 Å². The molecule has 5 nitrogen and oxygen atoms in total. The molecular weight excluding hydrogens is 220 g/mol.